The quantitative estimate of drug-likeness (QED) is 0.698. The molecule has 2 saturated heterocycles. The van der Waals surface area contributed by atoms with Crippen molar-refractivity contribution in [3.63, 3.8) is 0 Å². The Morgan fingerprint density at radius 3 is 1.43 bits per heavy atom. The third kappa shape index (κ3) is 4.09. The molecule has 0 N–H and O–H groups in total. The van der Waals surface area contributed by atoms with Crippen LogP contribution in [0.25, 0.3) is 0 Å². The Balaban J connectivity index is 1.47. The molecule has 2 fully saturated rings. The van der Waals surface area contributed by atoms with Crippen molar-refractivity contribution in [1.82, 2.24) is 0 Å². The molecule has 10 atom stereocenters. The van der Waals surface area contributed by atoms with Gasteiger partial charge in [-0.3, -0.25) is 9.59 Å². The summed E-state index contributed by atoms with van der Waals surface area (Å²) in [6, 6.07) is 0. The summed E-state index contributed by atoms with van der Waals surface area (Å²) in [6.45, 7) is 8.25. The molecule has 0 bridgehead atoms. The van der Waals surface area contributed by atoms with Crippen LogP contribution in [0.4, 0.5) is 0 Å². The van der Waals surface area contributed by atoms with E-state index < -0.39 is 0 Å². The minimum Gasteiger partial charge on any atom is -0.494 e. The van der Waals surface area contributed by atoms with Crippen molar-refractivity contribution in [2.24, 2.45) is 23.7 Å². The molecule has 4 rings (SSSR count). The Bertz CT molecular complexity index is 654. The maximum absolute atomic E-state index is 12.1. The molecule has 6 nitrogen and oxygen atoms in total. The third-order valence-electron chi connectivity index (χ3n) is 7.47. The number of rotatable bonds is 3. The van der Waals surface area contributed by atoms with Crippen LogP contribution >= 0.6 is 0 Å². The number of hydrogen-bond donors (Lipinski definition) is 0. The molecule has 166 valence electrons. The zero-order valence-electron chi connectivity index (χ0n) is 18.4. The summed E-state index contributed by atoms with van der Waals surface area (Å²) in [5, 5.41) is 0. The van der Waals surface area contributed by atoms with Gasteiger partial charge in [-0.05, 0) is 37.5 Å². The molecular formula is C24H34O6. The fourth-order valence-electron chi connectivity index (χ4n) is 5.35. The van der Waals surface area contributed by atoms with Gasteiger partial charge < -0.3 is 18.9 Å². The monoisotopic (exact) mass is 418 g/mol. The molecule has 0 aromatic carbocycles. The standard InChI is InChI=1S/C24H34O6/c1-13-5-7-19(23-15(3)17(25)9-11-27-23)29-21(13)22-14(2)6-8-20(30-22)24-16(4)18(26)10-12-28-24/h9-16,19-24H,5-8H2,1-4H3/t13-,14-,15-,16+,19+,20+,21-,22-,23+,24+/m0/s1. The lowest BCUT2D eigenvalue weighted by Crippen LogP contribution is -2.55. The minimum absolute atomic E-state index is 0.0662. The van der Waals surface area contributed by atoms with Crippen molar-refractivity contribution < 1.29 is 28.5 Å². The summed E-state index contributed by atoms with van der Waals surface area (Å²) in [4.78, 5) is 24.3. The topological polar surface area (TPSA) is 71.1 Å². The summed E-state index contributed by atoms with van der Waals surface area (Å²) in [5.41, 5.74) is 0. The van der Waals surface area contributed by atoms with Gasteiger partial charge in [0.1, 0.15) is 12.2 Å². The highest BCUT2D eigenvalue weighted by molar-refractivity contribution is 5.92. The van der Waals surface area contributed by atoms with Crippen LogP contribution in [0.1, 0.15) is 53.4 Å². The molecule has 4 aliphatic rings. The predicted octanol–water partition coefficient (Wildman–Crippen LogP) is 3.59. The van der Waals surface area contributed by atoms with Gasteiger partial charge in [-0.2, -0.15) is 0 Å². The Morgan fingerprint density at radius 1 is 0.633 bits per heavy atom. The number of allylic oxidation sites excluding steroid dienone is 2. The largest absolute Gasteiger partial charge is 0.494 e. The highest BCUT2D eigenvalue weighted by Crippen LogP contribution is 2.40. The molecule has 4 heterocycles. The first kappa shape index (κ1) is 21.6. The second-order valence-corrected chi connectivity index (χ2v) is 9.58. The Kier molecular flexibility index (Phi) is 6.35. The van der Waals surface area contributed by atoms with E-state index in [-0.39, 0.29) is 60.0 Å². The van der Waals surface area contributed by atoms with Gasteiger partial charge in [-0.1, -0.05) is 27.7 Å². The second-order valence-electron chi connectivity index (χ2n) is 9.58. The number of hydrogen-bond acceptors (Lipinski definition) is 6. The van der Waals surface area contributed by atoms with Crippen molar-refractivity contribution in [3.8, 4) is 0 Å². The Hall–Kier alpha value is -1.66. The second kappa shape index (κ2) is 8.83. The predicted molar refractivity (Wildman–Crippen MR) is 110 cm³/mol. The molecule has 0 unspecified atom stereocenters. The van der Waals surface area contributed by atoms with Crippen molar-refractivity contribution >= 4 is 11.6 Å². The van der Waals surface area contributed by atoms with Crippen LogP contribution in [0.5, 0.6) is 0 Å². The molecular weight excluding hydrogens is 384 g/mol. The normalized spacial score (nSPS) is 46.9. The number of ketones is 2. The third-order valence-corrected chi connectivity index (χ3v) is 7.47. The number of carbonyl (C=O) groups excluding carboxylic acids is 2. The zero-order valence-corrected chi connectivity index (χ0v) is 18.4. The summed E-state index contributed by atoms with van der Waals surface area (Å²) < 4.78 is 24.8. The van der Waals surface area contributed by atoms with Gasteiger partial charge in [0.05, 0.1) is 48.8 Å². The van der Waals surface area contributed by atoms with E-state index in [1.165, 1.54) is 24.7 Å². The fourth-order valence-corrected chi connectivity index (χ4v) is 5.35. The van der Waals surface area contributed by atoms with Crippen LogP contribution in [0.15, 0.2) is 24.7 Å². The molecule has 0 saturated carbocycles. The molecule has 0 aromatic rings. The lowest BCUT2D eigenvalue weighted by molar-refractivity contribution is -0.227. The van der Waals surface area contributed by atoms with Crippen molar-refractivity contribution in [1.29, 1.82) is 0 Å². The van der Waals surface area contributed by atoms with E-state index in [2.05, 4.69) is 13.8 Å². The van der Waals surface area contributed by atoms with E-state index in [9.17, 15) is 9.59 Å². The average molecular weight is 419 g/mol. The van der Waals surface area contributed by atoms with Crippen molar-refractivity contribution in [2.45, 2.75) is 90.0 Å². The lowest BCUT2D eigenvalue weighted by atomic mass is 9.79. The lowest BCUT2D eigenvalue weighted by Gasteiger charge is -2.48. The zero-order chi connectivity index (χ0) is 21.4. The number of carbonyl (C=O) groups is 2. The van der Waals surface area contributed by atoms with Crippen LogP contribution in [0, 0.1) is 23.7 Å². The summed E-state index contributed by atoms with van der Waals surface area (Å²) >= 11 is 0. The maximum Gasteiger partial charge on any atom is 0.165 e. The SMILES string of the molecule is C[C@@H]1C(=O)C=CO[C@H]1[C@H]1CC[C@H](C)[C@@H]([C@H]2O[C@@H]([C@@H]3OC=CC(=O)[C@@H]3C)CC[C@@H]2C)O1. The van der Waals surface area contributed by atoms with Gasteiger partial charge in [-0.15, -0.1) is 0 Å². The molecule has 0 aliphatic carbocycles. The fraction of sp³-hybridized carbons (Fsp3) is 0.750. The van der Waals surface area contributed by atoms with Crippen LogP contribution in [-0.2, 0) is 28.5 Å². The molecule has 0 amide bonds. The van der Waals surface area contributed by atoms with Crippen LogP contribution in [0.3, 0.4) is 0 Å². The van der Waals surface area contributed by atoms with Gasteiger partial charge in [-0.25, -0.2) is 0 Å². The Morgan fingerprint density at radius 2 is 1.03 bits per heavy atom. The van der Waals surface area contributed by atoms with E-state index >= 15 is 0 Å². The highest BCUT2D eigenvalue weighted by Gasteiger charge is 2.47. The molecule has 0 radical (unpaired) electrons. The Labute approximate surface area is 179 Å². The van der Waals surface area contributed by atoms with Crippen LogP contribution in [-0.4, -0.2) is 48.2 Å². The van der Waals surface area contributed by atoms with Gasteiger partial charge in [0.25, 0.3) is 0 Å². The minimum atomic E-state index is -0.253. The molecule has 0 spiro atoms. The van der Waals surface area contributed by atoms with E-state index in [1.807, 2.05) is 13.8 Å². The van der Waals surface area contributed by atoms with Crippen molar-refractivity contribution in [3.05, 3.63) is 24.7 Å². The molecule has 30 heavy (non-hydrogen) atoms. The van der Waals surface area contributed by atoms with E-state index in [1.54, 1.807) is 0 Å². The smallest absolute Gasteiger partial charge is 0.165 e. The van der Waals surface area contributed by atoms with Gasteiger partial charge in [0, 0.05) is 12.2 Å². The molecule has 0 aromatic heterocycles. The summed E-state index contributed by atoms with van der Waals surface area (Å²) in [5.74, 6) is 0.469. The first-order chi connectivity index (χ1) is 14.4. The summed E-state index contributed by atoms with van der Waals surface area (Å²) in [6.07, 6.45) is 8.90. The summed E-state index contributed by atoms with van der Waals surface area (Å²) in [7, 11) is 0. The van der Waals surface area contributed by atoms with Crippen LogP contribution < -0.4 is 0 Å². The van der Waals surface area contributed by atoms with E-state index in [0.29, 0.717) is 11.8 Å². The maximum atomic E-state index is 12.1. The van der Waals surface area contributed by atoms with Crippen molar-refractivity contribution in [2.75, 3.05) is 0 Å². The first-order valence-electron chi connectivity index (χ1n) is 11.4. The van der Waals surface area contributed by atoms with Crippen LogP contribution in [0.2, 0.25) is 0 Å². The molecule has 4 aliphatic heterocycles. The van der Waals surface area contributed by atoms with E-state index in [0.717, 1.165) is 25.7 Å². The first-order valence-corrected chi connectivity index (χ1v) is 11.4. The highest BCUT2D eigenvalue weighted by atomic mass is 16.6. The number of ether oxygens (including phenoxy) is 4. The van der Waals surface area contributed by atoms with Gasteiger partial charge in [0.2, 0.25) is 0 Å². The van der Waals surface area contributed by atoms with Gasteiger partial charge in [0.15, 0.2) is 11.6 Å². The average Bonchev–Trinajstić information content (AvgIpc) is 2.73. The molecule has 6 heteroatoms. The van der Waals surface area contributed by atoms with E-state index in [4.69, 9.17) is 18.9 Å². The van der Waals surface area contributed by atoms with Gasteiger partial charge >= 0.3 is 0 Å².